The van der Waals surface area contributed by atoms with Crippen molar-refractivity contribution in [2.75, 3.05) is 12.8 Å². The van der Waals surface area contributed by atoms with Gasteiger partial charge in [0.25, 0.3) is 0 Å². The Labute approximate surface area is 119 Å². The molecule has 1 heterocycles. The van der Waals surface area contributed by atoms with Crippen LogP contribution in [0.4, 0.5) is 5.13 Å². The second-order valence-electron chi connectivity index (χ2n) is 5.69. The molecule has 0 fully saturated rings. The highest BCUT2D eigenvalue weighted by molar-refractivity contribution is 7.15. The summed E-state index contributed by atoms with van der Waals surface area (Å²) in [5.74, 6) is -0.466. The number of methoxy groups -OCH3 is 1. The Balaban J connectivity index is 3.26. The number of nitrogen functional groups attached to an aromatic ring is 1. The molecule has 0 aromatic carbocycles. The van der Waals surface area contributed by atoms with E-state index < -0.39 is 15.0 Å². The largest absolute Gasteiger partial charge is 0.464 e. The van der Waals surface area contributed by atoms with Gasteiger partial charge in [-0.1, -0.05) is 32.1 Å². The molecule has 0 saturated heterocycles. The first-order chi connectivity index (χ1) is 8.66. The molecule has 19 heavy (non-hydrogen) atoms. The van der Waals surface area contributed by atoms with Crippen LogP contribution in [0, 0.1) is 5.41 Å². The van der Waals surface area contributed by atoms with Crippen molar-refractivity contribution < 1.29 is 14.0 Å². The van der Waals surface area contributed by atoms with Gasteiger partial charge in [0.05, 0.1) is 18.1 Å². The Kier molecular flexibility index (Phi) is 5.11. The van der Waals surface area contributed by atoms with E-state index in [-0.39, 0.29) is 17.2 Å². The summed E-state index contributed by atoms with van der Waals surface area (Å²) in [6, 6.07) is 0. The maximum absolute atomic E-state index is 11.8. The molecule has 0 aliphatic carbocycles. The number of thiazole rings is 1. The number of carbonyl (C=O) groups is 1. The van der Waals surface area contributed by atoms with E-state index in [0.717, 1.165) is 4.88 Å². The fourth-order valence-corrected chi connectivity index (χ4v) is 3.99. The van der Waals surface area contributed by atoms with Crippen molar-refractivity contribution in [1.29, 1.82) is 0 Å². The zero-order valence-corrected chi connectivity index (χ0v) is 14.3. The minimum Gasteiger partial charge on any atom is -0.464 e. The van der Waals surface area contributed by atoms with Crippen molar-refractivity contribution >= 4 is 31.5 Å². The van der Waals surface area contributed by atoms with Crippen LogP contribution in [0.3, 0.4) is 0 Å². The van der Waals surface area contributed by atoms with E-state index >= 15 is 0 Å². The molecular weight excluding hydrogens is 280 g/mol. The van der Waals surface area contributed by atoms with Gasteiger partial charge in [-0.15, -0.1) is 0 Å². The van der Waals surface area contributed by atoms with E-state index in [1.165, 1.54) is 18.4 Å². The van der Waals surface area contributed by atoms with Crippen LogP contribution in [-0.4, -0.2) is 27.1 Å². The molecule has 5 nitrogen and oxygen atoms in total. The number of rotatable bonds is 4. The lowest BCUT2D eigenvalue weighted by Crippen LogP contribution is -2.26. The second kappa shape index (κ2) is 6.02. The van der Waals surface area contributed by atoms with Gasteiger partial charge in [0.1, 0.15) is 0 Å². The van der Waals surface area contributed by atoms with Crippen LogP contribution >= 0.6 is 11.3 Å². The van der Waals surface area contributed by atoms with Gasteiger partial charge >= 0.3 is 5.97 Å². The Morgan fingerprint density at radius 1 is 1.42 bits per heavy atom. The number of esters is 1. The highest BCUT2D eigenvalue weighted by atomic mass is 32.1. The summed E-state index contributed by atoms with van der Waals surface area (Å²) >= 11 is 1.30. The summed E-state index contributed by atoms with van der Waals surface area (Å²) in [6.45, 7) is 10.4. The van der Waals surface area contributed by atoms with E-state index in [4.69, 9.17) is 14.9 Å². The molecule has 1 atom stereocenters. The second-order valence-corrected chi connectivity index (χ2v) is 9.12. The molecule has 0 saturated carbocycles. The fraction of sp³-hybridized carbons (Fsp3) is 0.667. The lowest BCUT2D eigenvalue weighted by Gasteiger charge is -2.32. The first-order valence-electron chi connectivity index (χ1n) is 6.16. The molecule has 0 radical (unpaired) electrons. The standard InChI is InChI=1S/C12H22N2O3SSi/c1-12(2,3)9(17-19(5)6)8-7(10(15)16-4)14-11(13)18-8/h9,19H,1-6H3,(H2,13,14). The molecule has 0 aliphatic rings. The monoisotopic (exact) mass is 302 g/mol. The number of hydrogen-bond acceptors (Lipinski definition) is 6. The van der Waals surface area contributed by atoms with E-state index in [0.29, 0.717) is 5.13 Å². The molecule has 0 spiro atoms. The van der Waals surface area contributed by atoms with E-state index in [1.807, 2.05) is 0 Å². The summed E-state index contributed by atoms with van der Waals surface area (Å²) in [6.07, 6.45) is -0.192. The van der Waals surface area contributed by atoms with E-state index in [2.05, 4.69) is 38.8 Å². The molecular formula is C12H22N2O3SSi. The number of aromatic nitrogens is 1. The topological polar surface area (TPSA) is 74.4 Å². The van der Waals surface area contributed by atoms with E-state index in [1.54, 1.807) is 0 Å². The van der Waals surface area contributed by atoms with Crippen LogP contribution in [0.15, 0.2) is 0 Å². The highest BCUT2D eigenvalue weighted by Crippen LogP contribution is 2.41. The predicted octanol–water partition coefficient (Wildman–Crippen LogP) is 2.60. The molecule has 0 aliphatic heterocycles. The lowest BCUT2D eigenvalue weighted by molar-refractivity contribution is 0.0571. The molecule has 108 valence electrons. The first-order valence-corrected chi connectivity index (χ1v) is 9.76. The van der Waals surface area contributed by atoms with E-state index in [9.17, 15) is 4.79 Å². The fourth-order valence-electron chi connectivity index (χ4n) is 1.70. The summed E-state index contributed by atoms with van der Waals surface area (Å²) in [7, 11) is 0.0754. The molecule has 7 heteroatoms. The summed E-state index contributed by atoms with van der Waals surface area (Å²) in [5.41, 5.74) is 5.88. The number of hydrogen-bond donors (Lipinski definition) is 1. The van der Waals surface area contributed by atoms with Gasteiger partial charge in [-0.05, 0) is 18.5 Å². The Hall–Kier alpha value is -0.923. The third-order valence-electron chi connectivity index (χ3n) is 2.48. The van der Waals surface area contributed by atoms with Crippen LogP contribution in [0.5, 0.6) is 0 Å². The highest BCUT2D eigenvalue weighted by Gasteiger charge is 2.34. The van der Waals surface area contributed by atoms with Gasteiger partial charge in [0.15, 0.2) is 19.9 Å². The van der Waals surface area contributed by atoms with Crippen molar-refractivity contribution in [3.05, 3.63) is 10.6 Å². The molecule has 0 bridgehead atoms. The summed E-state index contributed by atoms with van der Waals surface area (Å²) in [4.78, 5) is 16.6. The number of ether oxygens (including phenoxy) is 1. The number of nitrogens with two attached hydrogens (primary N) is 1. The van der Waals surface area contributed by atoms with Crippen molar-refractivity contribution in [3.63, 3.8) is 0 Å². The maximum Gasteiger partial charge on any atom is 0.358 e. The summed E-state index contributed by atoms with van der Waals surface area (Å²) in [5, 5.41) is 0.360. The van der Waals surface area contributed by atoms with Gasteiger partial charge in [0.2, 0.25) is 0 Å². The SMILES string of the molecule is COC(=O)c1nc(N)sc1C(O[SiH](C)C)C(C)(C)C. The minimum atomic E-state index is -1.26. The third kappa shape index (κ3) is 4.02. The number of carbonyl (C=O) groups excluding carboxylic acids is 1. The van der Waals surface area contributed by atoms with Crippen molar-refractivity contribution in [2.45, 2.75) is 40.0 Å². The van der Waals surface area contributed by atoms with Gasteiger partial charge < -0.3 is 14.9 Å². The van der Waals surface area contributed by atoms with Gasteiger partial charge in [0, 0.05) is 0 Å². The molecule has 1 unspecified atom stereocenters. The predicted molar refractivity (Wildman–Crippen MR) is 80.0 cm³/mol. The zero-order valence-electron chi connectivity index (χ0n) is 12.3. The Morgan fingerprint density at radius 3 is 2.42 bits per heavy atom. The molecule has 1 aromatic heterocycles. The van der Waals surface area contributed by atoms with Gasteiger partial charge in [-0.3, -0.25) is 0 Å². The normalized spacial score (nSPS) is 13.6. The van der Waals surface area contributed by atoms with Crippen molar-refractivity contribution in [1.82, 2.24) is 4.98 Å². The Morgan fingerprint density at radius 2 is 2.00 bits per heavy atom. The van der Waals surface area contributed by atoms with Crippen LogP contribution < -0.4 is 5.73 Å². The van der Waals surface area contributed by atoms with Crippen molar-refractivity contribution in [3.8, 4) is 0 Å². The quantitative estimate of drug-likeness (QED) is 0.683. The lowest BCUT2D eigenvalue weighted by atomic mass is 9.88. The zero-order chi connectivity index (χ0) is 14.8. The van der Waals surface area contributed by atoms with Gasteiger partial charge in [-0.25, -0.2) is 9.78 Å². The average molecular weight is 302 g/mol. The molecule has 1 rings (SSSR count). The Bertz CT molecular complexity index is 454. The maximum atomic E-state index is 11.8. The van der Waals surface area contributed by atoms with Crippen LogP contribution in [0.1, 0.15) is 42.2 Å². The number of nitrogens with zero attached hydrogens (tertiary/aromatic N) is 1. The first kappa shape index (κ1) is 16.1. The molecule has 1 aromatic rings. The smallest absolute Gasteiger partial charge is 0.358 e. The molecule has 2 N–H and O–H groups in total. The van der Waals surface area contributed by atoms with Crippen LogP contribution in [-0.2, 0) is 9.16 Å². The summed E-state index contributed by atoms with van der Waals surface area (Å²) < 4.78 is 10.9. The van der Waals surface area contributed by atoms with Crippen LogP contribution in [0.25, 0.3) is 0 Å². The molecule has 0 amide bonds. The third-order valence-corrected chi connectivity index (χ3v) is 4.23. The number of anilines is 1. The van der Waals surface area contributed by atoms with Gasteiger partial charge in [-0.2, -0.15) is 0 Å². The van der Waals surface area contributed by atoms with Crippen molar-refractivity contribution in [2.24, 2.45) is 5.41 Å². The average Bonchev–Trinajstić information content (AvgIpc) is 2.65. The minimum absolute atomic E-state index is 0.140. The van der Waals surface area contributed by atoms with Crippen LogP contribution in [0.2, 0.25) is 13.1 Å².